The average molecular weight is 381 g/mol. The number of nitrogens with one attached hydrogen (secondary N) is 1. The van der Waals surface area contributed by atoms with Crippen LogP contribution in [0.2, 0.25) is 5.02 Å². The number of rotatable bonds is 4. The summed E-state index contributed by atoms with van der Waals surface area (Å²) >= 11 is 10.2. The zero-order valence-corrected chi connectivity index (χ0v) is 13.9. The molecule has 0 unspecified atom stereocenters. The third-order valence-electron chi connectivity index (χ3n) is 2.52. The van der Waals surface area contributed by atoms with E-state index in [0.717, 1.165) is 16.9 Å². The largest absolute Gasteiger partial charge is 0.250 e. The number of thiophene rings is 1. The van der Waals surface area contributed by atoms with Gasteiger partial charge < -0.3 is 0 Å². The minimum absolute atomic E-state index is 0.201. The van der Waals surface area contributed by atoms with Crippen LogP contribution in [0, 0.1) is 0 Å². The molecular formula is C12H11BrClNO2S2. The Hall–Kier alpha value is -0.400. The van der Waals surface area contributed by atoms with Gasteiger partial charge in [0.2, 0.25) is 0 Å². The topological polar surface area (TPSA) is 46.2 Å². The predicted molar refractivity (Wildman–Crippen MR) is 82.2 cm³/mol. The van der Waals surface area contributed by atoms with Gasteiger partial charge in [-0.2, -0.15) is 0 Å². The van der Waals surface area contributed by atoms with Crippen LogP contribution in [-0.2, 0) is 10.0 Å². The van der Waals surface area contributed by atoms with Crippen molar-refractivity contribution in [3.63, 3.8) is 0 Å². The Morgan fingerprint density at radius 3 is 2.47 bits per heavy atom. The van der Waals surface area contributed by atoms with Crippen molar-refractivity contribution in [3.05, 3.63) is 50.8 Å². The molecule has 2 aromatic rings. The SMILES string of the molecule is C[C@@H](NS(=O)(=O)c1cc(Cl)c(Br)s1)c1ccccc1. The van der Waals surface area contributed by atoms with Crippen molar-refractivity contribution in [1.82, 2.24) is 4.72 Å². The lowest BCUT2D eigenvalue weighted by Crippen LogP contribution is -2.26. The third kappa shape index (κ3) is 3.58. The minimum Gasteiger partial charge on any atom is -0.206 e. The fourth-order valence-electron chi connectivity index (χ4n) is 1.56. The van der Waals surface area contributed by atoms with Crippen LogP contribution in [0.1, 0.15) is 18.5 Å². The van der Waals surface area contributed by atoms with E-state index in [9.17, 15) is 8.42 Å². The van der Waals surface area contributed by atoms with Crippen LogP contribution in [0.5, 0.6) is 0 Å². The molecule has 0 aliphatic carbocycles. The van der Waals surface area contributed by atoms with Crippen molar-refractivity contribution in [2.24, 2.45) is 0 Å². The number of halogens is 2. The Morgan fingerprint density at radius 1 is 1.32 bits per heavy atom. The summed E-state index contributed by atoms with van der Waals surface area (Å²) in [6.07, 6.45) is 0. The van der Waals surface area contributed by atoms with Gasteiger partial charge in [-0.3, -0.25) is 0 Å². The average Bonchev–Trinajstić information content (AvgIpc) is 2.71. The van der Waals surface area contributed by atoms with E-state index >= 15 is 0 Å². The second-order valence-corrected chi connectivity index (χ2v) is 8.66. The fraction of sp³-hybridized carbons (Fsp3) is 0.167. The Labute approximate surface area is 129 Å². The van der Waals surface area contributed by atoms with Crippen molar-refractivity contribution in [1.29, 1.82) is 0 Å². The molecule has 2 rings (SSSR count). The second kappa shape index (κ2) is 5.93. The third-order valence-corrected chi connectivity index (χ3v) is 7.01. The first kappa shape index (κ1) is 15.0. The van der Waals surface area contributed by atoms with Crippen molar-refractivity contribution >= 4 is 48.9 Å². The van der Waals surface area contributed by atoms with E-state index in [1.54, 1.807) is 6.92 Å². The molecule has 1 aromatic carbocycles. The summed E-state index contributed by atoms with van der Waals surface area (Å²) in [5.74, 6) is 0. The van der Waals surface area contributed by atoms with Crippen LogP contribution in [0.15, 0.2) is 44.4 Å². The van der Waals surface area contributed by atoms with Crippen molar-refractivity contribution in [2.75, 3.05) is 0 Å². The molecule has 1 atom stereocenters. The van der Waals surface area contributed by atoms with Gasteiger partial charge in [0.1, 0.15) is 4.21 Å². The highest BCUT2D eigenvalue weighted by molar-refractivity contribution is 9.11. The van der Waals surface area contributed by atoms with E-state index in [2.05, 4.69) is 20.7 Å². The highest BCUT2D eigenvalue weighted by Gasteiger charge is 2.21. The lowest BCUT2D eigenvalue weighted by atomic mass is 10.1. The first-order chi connectivity index (χ1) is 8.90. The van der Waals surface area contributed by atoms with E-state index in [4.69, 9.17) is 11.6 Å². The molecule has 0 saturated carbocycles. The summed E-state index contributed by atoms with van der Waals surface area (Å²) in [5, 5.41) is 0.401. The highest BCUT2D eigenvalue weighted by atomic mass is 79.9. The maximum absolute atomic E-state index is 12.2. The standard InChI is InChI=1S/C12H11BrClNO2S2/c1-8(9-5-3-2-4-6-9)15-19(16,17)11-7-10(14)12(13)18-11/h2-8,15H,1H3/t8-/m1/s1. The molecule has 1 aromatic heterocycles. The highest BCUT2D eigenvalue weighted by Crippen LogP contribution is 2.35. The molecule has 0 bridgehead atoms. The molecule has 0 spiro atoms. The number of benzene rings is 1. The Bertz CT molecular complexity index is 651. The second-order valence-electron chi connectivity index (χ2n) is 3.94. The molecule has 1 heterocycles. The molecular weight excluding hydrogens is 370 g/mol. The fourth-order valence-corrected chi connectivity index (χ4v) is 5.21. The van der Waals surface area contributed by atoms with Gasteiger partial charge in [0, 0.05) is 6.04 Å². The molecule has 0 radical (unpaired) electrons. The molecule has 0 aliphatic heterocycles. The van der Waals surface area contributed by atoms with Crippen LogP contribution in [0.25, 0.3) is 0 Å². The summed E-state index contributed by atoms with van der Waals surface area (Å²) in [5.41, 5.74) is 0.910. The van der Waals surface area contributed by atoms with Gasteiger partial charge in [-0.15, -0.1) is 11.3 Å². The summed E-state index contributed by atoms with van der Waals surface area (Å²) < 4.78 is 27.8. The van der Waals surface area contributed by atoms with Gasteiger partial charge in [0.15, 0.2) is 0 Å². The van der Waals surface area contributed by atoms with Crippen LogP contribution < -0.4 is 4.72 Å². The summed E-state index contributed by atoms with van der Waals surface area (Å²) in [6.45, 7) is 1.80. The van der Waals surface area contributed by atoms with E-state index < -0.39 is 10.0 Å². The van der Waals surface area contributed by atoms with Gasteiger partial charge in [-0.25, -0.2) is 13.1 Å². The van der Waals surface area contributed by atoms with Crippen LogP contribution in [0.3, 0.4) is 0 Å². The number of sulfonamides is 1. The monoisotopic (exact) mass is 379 g/mol. The molecule has 7 heteroatoms. The molecule has 0 fully saturated rings. The van der Waals surface area contributed by atoms with Gasteiger partial charge in [0.05, 0.1) is 8.81 Å². The molecule has 102 valence electrons. The Kier molecular flexibility index (Phi) is 4.68. The first-order valence-electron chi connectivity index (χ1n) is 5.42. The molecule has 3 nitrogen and oxygen atoms in total. The van der Waals surface area contributed by atoms with E-state index in [1.807, 2.05) is 30.3 Å². The molecule has 0 aliphatic rings. The molecule has 19 heavy (non-hydrogen) atoms. The van der Waals surface area contributed by atoms with Crippen molar-refractivity contribution in [2.45, 2.75) is 17.2 Å². The number of hydrogen-bond donors (Lipinski definition) is 1. The zero-order chi connectivity index (χ0) is 14.0. The van der Waals surface area contributed by atoms with Gasteiger partial charge in [-0.05, 0) is 34.5 Å². The maximum Gasteiger partial charge on any atom is 0.250 e. The summed E-state index contributed by atoms with van der Waals surface area (Å²) in [7, 11) is -3.56. The smallest absolute Gasteiger partial charge is 0.206 e. The van der Waals surface area contributed by atoms with E-state index in [1.165, 1.54) is 6.07 Å². The molecule has 0 saturated heterocycles. The predicted octanol–water partition coefficient (Wildman–Crippen LogP) is 4.20. The van der Waals surface area contributed by atoms with Gasteiger partial charge >= 0.3 is 0 Å². The zero-order valence-electron chi connectivity index (χ0n) is 9.93. The molecule has 0 amide bonds. The Morgan fingerprint density at radius 2 is 1.95 bits per heavy atom. The van der Waals surface area contributed by atoms with E-state index in [-0.39, 0.29) is 10.3 Å². The number of hydrogen-bond acceptors (Lipinski definition) is 3. The summed E-state index contributed by atoms with van der Waals surface area (Å²) in [4.78, 5) is 0. The van der Waals surface area contributed by atoms with Gasteiger partial charge in [-0.1, -0.05) is 41.9 Å². The normalized spacial score (nSPS) is 13.4. The van der Waals surface area contributed by atoms with Crippen molar-refractivity contribution in [3.8, 4) is 0 Å². The maximum atomic E-state index is 12.2. The van der Waals surface area contributed by atoms with E-state index in [0.29, 0.717) is 8.81 Å². The molecule has 1 N–H and O–H groups in total. The van der Waals surface area contributed by atoms with Crippen LogP contribution in [0.4, 0.5) is 0 Å². The van der Waals surface area contributed by atoms with Crippen LogP contribution in [-0.4, -0.2) is 8.42 Å². The Balaban J connectivity index is 2.22. The lowest BCUT2D eigenvalue weighted by molar-refractivity contribution is 0.569. The first-order valence-corrected chi connectivity index (χ1v) is 8.89. The van der Waals surface area contributed by atoms with Gasteiger partial charge in [0.25, 0.3) is 10.0 Å². The van der Waals surface area contributed by atoms with Crippen LogP contribution >= 0.6 is 38.9 Å². The quantitative estimate of drug-likeness (QED) is 0.864. The minimum atomic E-state index is -3.56. The van der Waals surface area contributed by atoms with Crippen molar-refractivity contribution < 1.29 is 8.42 Å². The summed E-state index contributed by atoms with van der Waals surface area (Å²) in [6, 6.07) is 10.5. The lowest BCUT2D eigenvalue weighted by Gasteiger charge is -2.13.